The molecular weight excluding hydrogens is 224 g/mol. The minimum absolute atomic E-state index is 0.147. The van der Waals surface area contributed by atoms with Crippen molar-refractivity contribution in [2.45, 2.75) is 13.0 Å². The van der Waals surface area contributed by atoms with E-state index in [0.29, 0.717) is 0 Å². The molecule has 3 N–H and O–H groups in total. The first-order chi connectivity index (χ1) is 7.74. The summed E-state index contributed by atoms with van der Waals surface area (Å²) in [4.78, 5) is 0. The predicted octanol–water partition coefficient (Wildman–Crippen LogP) is 2.79. The van der Waals surface area contributed by atoms with Gasteiger partial charge in [-0.3, -0.25) is 5.84 Å². The first-order valence-corrected chi connectivity index (χ1v) is 5.35. The van der Waals surface area contributed by atoms with Gasteiger partial charge in [0.15, 0.2) is 0 Å². The van der Waals surface area contributed by atoms with E-state index in [1.165, 1.54) is 0 Å². The molecule has 3 nitrogen and oxygen atoms in total. The average Bonchev–Trinajstić information content (AvgIpc) is 2.79. The van der Waals surface area contributed by atoms with E-state index in [-0.39, 0.29) is 6.04 Å². The zero-order valence-electron chi connectivity index (χ0n) is 8.91. The Labute approximate surface area is 99.2 Å². The van der Waals surface area contributed by atoms with Gasteiger partial charge in [0, 0.05) is 10.6 Å². The van der Waals surface area contributed by atoms with Crippen molar-refractivity contribution in [2.75, 3.05) is 0 Å². The smallest absolute Gasteiger partial charge is 0.0954 e. The van der Waals surface area contributed by atoms with Gasteiger partial charge in [-0.15, -0.1) is 0 Å². The van der Waals surface area contributed by atoms with Gasteiger partial charge < -0.3 is 4.42 Å². The van der Waals surface area contributed by atoms with E-state index in [4.69, 9.17) is 21.9 Å². The molecular formula is C12H13ClN2O. The third-order valence-corrected chi connectivity index (χ3v) is 3.09. The Hall–Kier alpha value is -1.29. The molecule has 2 aromatic rings. The molecule has 1 heterocycles. The number of rotatable bonds is 3. The molecule has 0 bridgehead atoms. The lowest BCUT2D eigenvalue weighted by Gasteiger charge is -2.17. The SMILES string of the molecule is Cc1cccc(C(NN)c2ccoc2)c1Cl. The van der Waals surface area contributed by atoms with E-state index in [0.717, 1.165) is 21.7 Å². The van der Waals surface area contributed by atoms with Crippen LogP contribution >= 0.6 is 11.6 Å². The van der Waals surface area contributed by atoms with Crippen LogP contribution in [0.4, 0.5) is 0 Å². The van der Waals surface area contributed by atoms with Crippen molar-refractivity contribution in [3.63, 3.8) is 0 Å². The van der Waals surface area contributed by atoms with Crippen LogP contribution in [0.1, 0.15) is 22.7 Å². The summed E-state index contributed by atoms with van der Waals surface area (Å²) in [6, 6.07) is 7.59. The molecule has 0 radical (unpaired) electrons. The van der Waals surface area contributed by atoms with Crippen molar-refractivity contribution in [3.8, 4) is 0 Å². The maximum atomic E-state index is 6.26. The van der Waals surface area contributed by atoms with Crippen LogP contribution in [-0.4, -0.2) is 0 Å². The molecule has 0 spiro atoms. The van der Waals surface area contributed by atoms with E-state index >= 15 is 0 Å². The first kappa shape index (κ1) is 11.2. The van der Waals surface area contributed by atoms with Gasteiger partial charge in [0.1, 0.15) is 0 Å². The van der Waals surface area contributed by atoms with Gasteiger partial charge in [-0.2, -0.15) is 0 Å². The summed E-state index contributed by atoms with van der Waals surface area (Å²) in [6.45, 7) is 1.97. The number of nitrogens with one attached hydrogen (secondary N) is 1. The van der Waals surface area contributed by atoms with Crippen molar-refractivity contribution in [1.29, 1.82) is 0 Å². The Kier molecular flexibility index (Phi) is 3.29. The van der Waals surface area contributed by atoms with Crippen LogP contribution in [0.2, 0.25) is 5.02 Å². The van der Waals surface area contributed by atoms with Crippen molar-refractivity contribution in [2.24, 2.45) is 5.84 Å². The Morgan fingerprint density at radius 2 is 2.19 bits per heavy atom. The van der Waals surface area contributed by atoms with Crippen LogP contribution in [0.5, 0.6) is 0 Å². The summed E-state index contributed by atoms with van der Waals surface area (Å²) in [5.41, 5.74) is 5.68. The number of hydrogen-bond donors (Lipinski definition) is 2. The van der Waals surface area contributed by atoms with Gasteiger partial charge in [0.2, 0.25) is 0 Å². The fourth-order valence-corrected chi connectivity index (χ4v) is 1.93. The van der Waals surface area contributed by atoms with E-state index in [1.54, 1.807) is 12.5 Å². The Morgan fingerprint density at radius 1 is 1.38 bits per heavy atom. The lowest BCUT2D eigenvalue weighted by Crippen LogP contribution is -2.28. The molecule has 0 fully saturated rings. The van der Waals surface area contributed by atoms with E-state index in [1.807, 2.05) is 31.2 Å². The van der Waals surface area contributed by atoms with E-state index < -0.39 is 0 Å². The fourth-order valence-electron chi connectivity index (χ4n) is 1.70. The molecule has 16 heavy (non-hydrogen) atoms. The van der Waals surface area contributed by atoms with Gasteiger partial charge in [-0.25, -0.2) is 5.43 Å². The summed E-state index contributed by atoms with van der Waals surface area (Å²) in [6.07, 6.45) is 3.27. The summed E-state index contributed by atoms with van der Waals surface area (Å²) in [5, 5.41) is 0.728. The van der Waals surface area contributed by atoms with Gasteiger partial charge in [-0.05, 0) is 24.1 Å². The molecule has 2 rings (SSSR count). The highest BCUT2D eigenvalue weighted by atomic mass is 35.5. The van der Waals surface area contributed by atoms with Crippen LogP contribution in [0.25, 0.3) is 0 Å². The van der Waals surface area contributed by atoms with Crippen molar-refractivity contribution in [1.82, 2.24) is 5.43 Å². The maximum Gasteiger partial charge on any atom is 0.0954 e. The van der Waals surface area contributed by atoms with Gasteiger partial charge in [0.05, 0.1) is 18.6 Å². The quantitative estimate of drug-likeness (QED) is 0.637. The Morgan fingerprint density at radius 3 is 2.81 bits per heavy atom. The molecule has 84 valence electrons. The van der Waals surface area contributed by atoms with Crippen LogP contribution in [-0.2, 0) is 0 Å². The molecule has 0 aliphatic carbocycles. The van der Waals surface area contributed by atoms with Crippen LogP contribution in [0.3, 0.4) is 0 Å². The molecule has 1 atom stereocenters. The first-order valence-electron chi connectivity index (χ1n) is 4.97. The molecule has 1 unspecified atom stereocenters. The summed E-state index contributed by atoms with van der Waals surface area (Å²) >= 11 is 6.26. The maximum absolute atomic E-state index is 6.26. The number of hydrogen-bond acceptors (Lipinski definition) is 3. The number of aryl methyl sites for hydroxylation is 1. The monoisotopic (exact) mass is 236 g/mol. The van der Waals surface area contributed by atoms with E-state index in [2.05, 4.69) is 5.43 Å². The normalized spacial score (nSPS) is 12.7. The van der Waals surface area contributed by atoms with Gasteiger partial charge >= 0.3 is 0 Å². The lowest BCUT2D eigenvalue weighted by atomic mass is 10.00. The summed E-state index contributed by atoms with van der Waals surface area (Å²) in [5.74, 6) is 5.56. The highest BCUT2D eigenvalue weighted by Crippen LogP contribution is 2.30. The molecule has 1 aromatic heterocycles. The number of furan rings is 1. The lowest BCUT2D eigenvalue weighted by molar-refractivity contribution is 0.553. The minimum Gasteiger partial charge on any atom is -0.472 e. The molecule has 0 amide bonds. The Bertz CT molecular complexity index is 468. The third-order valence-electron chi connectivity index (χ3n) is 2.58. The molecule has 1 aromatic carbocycles. The molecule has 0 aliphatic heterocycles. The zero-order chi connectivity index (χ0) is 11.5. The standard InChI is InChI=1S/C12H13ClN2O/c1-8-3-2-4-10(11(8)13)12(15-14)9-5-6-16-7-9/h2-7,12,15H,14H2,1H3. The minimum atomic E-state index is -0.147. The molecule has 0 saturated carbocycles. The molecule has 0 aliphatic rings. The van der Waals surface area contributed by atoms with Gasteiger partial charge in [-0.1, -0.05) is 29.8 Å². The average molecular weight is 237 g/mol. The van der Waals surface area contributed by atoms with Gasteiger partial charge in [0.25, 0.3) is 0 Å². The van der Waals surface area contributed by atoms with Crippen molar-refractivity contribution in [3.05, 3.63) is 58.5 Å². The van der Waals surface area contributed by atoms with E-state index in [9.17, 15) is 0 Å². The van der Waals surface area contributed by atoms with Crippen LogP contribution in [0, 0.1) is 6.92 Å². The number of benzene rings is 1. The Balaban J connectivity index is 2.45. The summed E-state index contributed by atoms with van der Waals surface area (Å²) < 4.78 is 5.05. The zero-order valence-corrected chi connectivity index (χ0v) is 9.66. The number of nitrogens with two attached hydrogens (primary N) is 1. The second-order valence-electron chi connectivity index (χ2n) is 3.63. The van der Waals surface area contributed by atoms with Crippen molar-refractivity contribution >= 4 is 11.6 Å². The predicted molar refractivity (Wildman–Crippen MR) is 64.1 cm³/mol. The number of halogens is 1. The topological polar surface area (TPSA) is 51.2 Å². The highest BCUT2D eigenvalue weighted by Gasteiger charge is 2.17. The fraction of sp³-hybridized carbons (Fsp3) is 0.167. The number of hydrazine groups is 1. The third kappa shape index (κ3) is 1.97. The van der Waals surface area contributed by atoms with Crippen LogP contribution in [0.15, 0.2) is 41.2 Å². The highest BCUT2D eigenvalue weighted by molar-refractivity contribution is 6.32. The second kappa shape index (κ2) is 4.70. The van der Waals surface area contributed by atoms with Crippen molar-refractivity contribution < 1.29 is 4.42 Å². The second-order valence-corrected chi connectivity index (χ2v) is 4.01. The largest absolute Gasteiger partial charge is 0.472 e. The molecule has 0 saturated heterocycles. The summed E-state index contributed by atoms with van der Waals surface area (Å²) in [7, 11) is 0. The molecule has 4 heteroatoms. The van der Waals surface area contributed by atoms with Crippen LogP contribution < -0.4 is 11.3 Å².